The molecule has 0 spiro atoms. The molecule has 0 radical (unpaired) electrons. The van der Waals surface area contributed by atoms with Gasteiger partial charge in [0.1, 0.15) is 5.65 Å². The summed E-state index contributed by atoms with van der Waals surface area (Å²) in [4.78, 5) is 4.83. The van der Waals surface area contributed by atoms with Gasteiger partial charge in [-0.25, -0.2) is 13.4 Å². The van der Waals surface area contributed by atoms with Gasteiger partial charge in [-0.3, -0.25) is 4.72 Å². The summed E-state index contributed by atoms with van der Waals surface area (Å²) in [5.41, 5.74) is 2.95. The predicted molar refractivity (Wildman–Crippen MR) is 115 cm³/mol. The maximum Gasteiger partial charge on any atom is 0.261 e. The molecule has 0 fully saturated rings. The lowest BCUT2D eigenvalue weighted by molar-refractivity contribution is 0.601. The van der Waals surface area contributed by atoms with Gasteiger partial charge in [-0.15, -0.1) is 0 Å². The molecule has 0 atom stereocenters. The minimum atomic E-state index is -3.70. The van der Waals surface area contributed by atoms with Crippen LogP contribution in [0.4, 0.5) is 5.69 Å². The molecule has 0 aliphatic carbocycles. The molecule has 5 aromatic rings. The molecule has 0 unspecified atom stereocenters. The van der Waals surface area contributed by atoms with E-state index in [4.69, 9.17) is 0 Å². The summed E-state index contributed by atoms with van der Waals surface area (Å²) < 4.78 is 30.4. The fourth-order valence-electron chi connectivity index (χ4n) is 3.36. The van der Waals surface area contributed by atoms with E-state index >= 15 is 0 Å². The Balaban J connectivity index is 1.48. The molecule has 2 heterocycles. The number of sulfonamides is 1. The number of rotatable bonds is 4. The molecular weight excluding hydrogens is 382 g/mol. The van der Waals surface area contributed by atoms with Crippen LogP contribution in [0, 0.1) is 0 Å². The minimum absolute atomic E-state index is 0.231. The van der Waals surface area contributed by atoms with Crippen molar-refractivity contribution in [1.82, 2.24) is 9.38 Å². The number of hydrogen-bond acceptors (Lipinski definition) is 3. The average molecular weight is 399 g/mol. The van der Waals surface area contributed by atoms with Crippen LogP contribution in [0.3, 0.4) is 0 Å². The van der Waals surface area contributed by atoms with Gasteiger partial charge in [0.05, 0.1) is 10.6 Å². The Labute approximate surface area is 168 Å². The quantitative estimate of drug-likeness (QED) is 0.465. The summed E-state index contributed by atoms with van der Waals surface area (Å²) in [7, 11) is -3.70. The summed E-state index contributed by atoms with van der Waals surface area (Å²) in [6.45, 7) is 0. The number of anilines is 1. The molecule has 0 aliphatic heterocycles. The van der Waals surface area contributed by atoms with Gasteiger partial charge in [0.15, 0.2) is 0 Å². The van der Waals surface area contributed by atoms with Crippen LogP contribution >= 0.6 is 0 Å². The summed E-state index contributed by atoms with van der Waals surface area (Å²) in [5, 5.41) is 1.88. The number of pyridine rings is 1. The first-order valence-electron chi connectivity index (χ1n) is 9.14. The van der Waals surface area contributed by atoms with Crippen molar-refractivity contribution < 1.29 is 8.42 Å². The Morgan fingerprint density at radius 3 is 2.48 bits per heavy atom. The Kier molecular flexibility index (Phi) is 4.07. The molecule has 0 amide bonds. The number of nitrogens with zero attached hydrogens (tertiary/aromatic N) is 2. The average Bonchev–Trinajstić information content (AvgIpc) is 3.18. The number of nitrogens with one attached hydrogen (secondary N) is 1. The Morgan fingerprint density at radius 2 is 1.62 bits per heavy atom. The highest BCUT2D eigenvalue weighted by Crippen LogP contribution is 2.25. The third-order valence-electron chi connectivity index (χ3n) is 4.81. The van der Waals surface area contributed by atoms with E-state index in [1.54, 1.807) is 24.3 Å². The standard InChI is InChI=1S/C23H17N3O2S/c27-29(28,21-12-11-17-6-1-2-7-18(17)15-21)25-20-9-5-8-19(14-20)22-16-26-13-4-3-10-23(26)24-22/h1-16,25H. The van der Waals surface area contributed by atoms with Crippen molar-refractivity contribution >= 4 is 32.1 Å². The van der Waals surface area contributed by atoms with Crippen molar-refractivity contribution in [2.24, 2.45) is 0 Å². The summed E-state index contributed by atoms with van der Waals surface area (Å²) in [5.74, 6) is 0. The molecule has 1 N–H and O–H groups in total. The van der Waals surface area contributed by atoms with Gasteiger partial charge in [0.25, 0.3) is 10.0 Å². The van der Waals surface area contributed by atoms with E-state index < -0.39 is 10.0 Å². The second-order valence-electron chi connectivity index (χ2n) is 6.79. The third kappa shape index (κ3) is 3.34. The molecule has 0 bridgehead atoms. The SMILES string of the molecule is O=S(=O)(Nc1cccc(-c2cn3ccccc3n2)c1)c1ccc2ccccc2c1. The maximum absolute atomic E-state index is 12.9. The highest BCUT2D eigenvalue weighted by molar-refractivity contribution is 7.92. The molecule has 0 saturated carbocycles. The lowest BCUT2D eigenvalue weighted by Crippen LogP contribution is -2.12. The number of hydrogen-bond donors (Lipinski definition) is 1. The van der Waals surface area contributed by atoms with Gasteiger partial charge in [-0.2, -0.15) is 0 Å². The van der Waals surface area contributed by atoms with E-state index in [9.17, 15) is 8.42 Å². The van der Waals surface area contributed by atoms with E-state index in [0.29, 0.717) is 5.69 Å². The van der Waals surface area contributed by atoms with Crippen LogP contribution in [0.15, 0.2) is 102 Å². The Morgan fingerprint density at radius 1 is 0.793 bits per heavy atom. The second kappa shape index (κ2) is 6.76. The van der Waals surface area contributed by atoms with E-state index in [-0.39, 0.29) is 4.90 Å². The Hall–Kier alpha value is -3.64. The molecule has 2 aromatic heterocycles. The van der Waals surface area contributed by atoms with Gasteiger partial charge in [0, 0.05) is 23.6 Å². The summed E-state index contributed by atoms with van der Waals surface area (Å²) in [6, 6.07) is 25.9. The first-order chi connectivity index (χ1) is 14.1. The van der Waals surface area contributed by atoms with E-state index in [0.717, 1.165) is 27.7 Å². The zero-order valence-corrected chi connectivity index (χ0v) is 16.2. The maximum atomic E-state index is 12.9. The fourth-order valence-corrected chi connectivity index (χ4v) is 4.45. The van der Waals surface area contributed by atoms with Gasteiger partial charge in [-0.1, -0.05) is 48.5 Å². The van der Waals surface area contributed by atoms with Crippen molar-refractivity contribution in [2.45, 2.75) is 4.90 Å². The highest BCUT2D eigenvalue weighted by Gasteiger charge is 2.15. The zero-order valence-electron chi connectivity index (χ0n) is 15.4. The highest BCUT2D eigenvalue weighted by atomic mass is 32.2. The molecule has 5 rings (SSSR count). The van der Waals surface area contributed by atoms with Crippen LogP contribution in [-0.2, 0) is 10.0 Å². The summed E-state index contributed by atoms with van der Waals surface area (Å²) >= 11 is 0. The van der Waals surface area contributed by atoms with Crippen LogP contribution < -0.4 is 4.72 Å². The van der Waals surface area contributed by atoms with E-state index in [2.05, 4.69) is 9.71 Å². The normalized spacial score (nSPS) is 11.7. The molecule has 0 aliphatic rings. The number of benzene rings is 3. The van der Waals surface area contributed by atoms with Gasteiger partial charge in [-0.05, 0) is 47.2 Å². The first kappa shape index (κ1) is 17.5. The lowest BCUT2D eigenvalue weighted by Gasteiger charge is -2.10. The van der Waals surface area contributed by atoms with Gasteiger partial charge in [0.2, 0.25) is 0 Å². The number of aromatic nitrogens is 2. The largest absolute Gasteiger partial charge is 0.306 e. The van der Waals surface area contributed by atoms with Crippen molar-refractivity contribution in [1.29, 1.82) is 0 Å². The molecule has 142 valence electrons. The minimum Gasteiger partial charge on any atom is -0.306 e. The number of imidazole rings is 1. The molecule has 5 nitrogen and oxygen atoms in total. The van der Waals surface area contributed by atoms with Gasteiger partial charge < -0.3 is 4.40 Å². The molecular formula is C23H17N3O2S. The van der Waals surface area contributed by atoms with E-state index in [1.807, 2.05) is 77.5 Å². The van der Waals surface area contributed by atoms with Crippen LogP contribution in [0.25, 0.3) is 27.7 Å². The lowest BCUT2D eigenvalue weighted by atomic mass is 10.1. The first-order valence-corrected chi connectivity index (χ1v) is 10.6. The van der Waals surface area contributed by atoms with Crippen LogP contribution in [0.5, 0.6) is 0 Å². The second-order valence-corrected chi connectivity index (χ2v) is 8.47. The third-order valence-corrected chi connectivity index (χ3v) is 6.18. The molecule has 29 heavy (non-hydrogen) atoms. The molecule has 6 heteroatoms. The van der Waals surface area contributed by atoms with Crippen molar-refractivity contribution in [2.75, 3.05) is 4.72 Å². The Bertz CT molecular complexity index is 1420. The van der Waals surface area contributed by atoms with E-state index in [1.165, 1.54) is 0 Å². The summed E-state index contributed by atoms with van der Waals surface area (Å²) in [6.07, 6.45) is 3.85. The smallest absolute Gasteiger partial charge is 0.261 e. The molecule has 3 aromatic carbocycles. The molecule has 0 saturated heterocycles. The van der Waals surface area contributed by atoms with Crippen molar-refractivity contribution in [3.05, 3.63) is 97.3 Å². The topological polar surface area (TPSA) is 63.5 Å². The zero-order chi connectivity index (χ0) is 19.8. The van der Waals surface area contributed by atoms with Crippen LogP contribution in [-0.4, -0.2) is 17.8 Å². The van der Waals surface area contributed by atoms with Crippen LogP contribution in [0.1, 0.15) is 0 Å². The fraction of sp³-hybridized carbons (Fsp3) is 0. The number of fused-ring (bicyclic) bond motifs is 2. The van der Waals surface area contributed by atoms with Crippen molar-refractivity contribution in [3.8, 4) is 11.3 Å². The van der Waals surface area contributed by atoms with Crippen molar-refractivity contribution in [3.63, 3.8) is 0 Å². The predicted octanol–water partition coefficient (Wildman–Crippen LogP) is 4.96. The monoisotopic (exact) mass is 399 g/mol. The van der Waals surface area contributed by atoms with Gasteiger partial charge >= 0.3 is 0 Å². The van der Waals surface area contributed by atoms with Crippen LogP contribution in [0.2, 0.25) is 0 Å².